The third-order valence-corrected chi connectivity index (χ3v) is 9.60. The highest BCUT2D eigenvalue weighted by molar-refractivity contribution is 7.89. The highest BCUT2D eigenvalue weighted by Crippen LogP contribution is 2.41. The average molecular weight is 714 g/mol. The van der Waals surface area contributed by atoms with E-state index >= 15 is 0 Å². The van der Waals surface area contributed by atoms with Gasteiger partial charge in [-0.3, -0.25) is 14.3 Å². The maximum absolute atomic E-state index is 12.9. The summed E-state index contributed by atoms with van der Waals surface area (Å²) in [4.78, 5) is 23.0. The number of aromatic nitrogens is 4. The molecule has 1 aliphatic carbocycles. The van der Waals surface area contributed by atoms with Crippen LogP contribution in [0.4, 0.5) is 26.3 Å². The van der Waals surface area contributed by atoms with Gasteiger partial charge in [0.1, 0.15) is 17.5 Å². The SMILES string of the molecule is Cc1nnc2sc([C@]3(OC(F)(F)F)C=CC(CN)=CC3)nn2c1=O.O=C(O)C1CNCCN1S(=O)(=O)c1ccc(OC(F)(F)F)cc1. The lowest BCUT2D eigenvalue weighted by atomic mass is 9.92. The first kappa shape index (κ1) is 35.9. The van der Waals surface area contributed by atoms with Gasteiger partial charge >= 0.3 is 18.7 Å². The summed E-state index contributed by atoms with van der Waals surface area (Å²) in [5.41, 5.74) is 3.87. The van der Waals surface area contributed by atoms with Crippen LogP contribution < -0.4 is 21.3 Å². The minimum absolute atomic E-state index is 0.0413. The molecule has 2 aliphatic rings. The van der Waals surface area contributed by atoms with Crippen molar-refractivity contribution in [2.75, 3.05) is 26.2 Å². The molecule has 4 N–H and O–H groups in total. The zero-order chi connectivity index (χ0) is 34.8. The van der Waals surface area contributed by atoms with Gasteiger partial charge in [0.05, 0.1) is 4.90 Å². The number of carboxylic acid groups (broad SMARTS) is 1. The number of piperazine rings is 1. The Morgan fingerprint density at radius 3 is 2.40 bits per heavy atom. The second-order valence-corrected chi connectivity index (χ2v) is 12.7. The first-order valence-electron chi connectivity index (χ1n) is 13.3. The van der Waals surface area contributed by atoms with Gasteiger partial charge in [-0.25, -0.2) is 8.42 Å². The van der Waals surface area contributed by atoms with Crippen LogP contribution >= 0.6 is 11.3 Å². The number of carbonyl (C=O) groups is 1. The minimum Gasteiger partial charge on any atom is -0.480 e. The molecule has 3 aromatic rings. The van der Waals surface area contributed by atoms with Crippen LogP contribution in [0.1, 0.15) is 17.1 Å². The number of sulfonamides is 1. The summed E-state index contributed by atoms with van der Waals surface area (Å²) in [5, 5.41) is 23.3. The molecule has 14 nitrogen and oxygen atoms in total. The topological polar surface area (TPSA) is 191 Å². The summed E-state index contributed by atoms with van der Waals surface area (Å²) in [6.07, 6.45) is -5.61. The van der Waals surface area contributed by atoms with Crippen molar-refractivity contribution in [3.05, 3.63) is 69.1 Å². The van der Waals surface area contributed by atoms with Gasteiger partial charge in [-0.1, -0.05) is 23.5 Å². The summed E-state index contributed by atoms with van der Waals surface area (Å²) >= 11 is 0.817. The van der Waals surface area contributed by atoms with Crippen molar-refractivity contribution in [3.8, 4) is 5.75 Å². The molecule has 0 radical (unpaired) electrons. The number of aryl methyl sites for hydroxylation is 1. The Kier molecular flexibility index (Phi) is 10.4. The number of fused-ring (bicyclic) bond motifs is 1. The van der Waals surface area contributed by atoms with E-state index in [4.69, 9.17) is 10.8 Å². The number of nitrogens with one attached hydrogen (secondary N) is 1. The normalized spacial score (nSPS) is 20.8. The van der Waals surface area contributed by atoms with E-state index in [1.165, 1.54) is 19.1 Å². The van der Waals surface area contributed by atoms with Crippen molar-refractivity contribution in [1.29, 1.82) is 0 Å². The van der Waals surface area contributed by atoms with Gasteiger partial charge in [0.2, 0.25) is 15.0 Å². The van der Waals surface area contributed by atoms with E-state index in [9.17, 15) is 44.3 Å². The highest BCUT2D eigenvalue weighted by Gasteiger charge is 2.46. The van der Waals surface area contributed by atoms with Crippen molar-refractivity contribution < 1.29 is 54.1 Å². The van der Waals surface area contributed by atoms with E-state index in [2.05, 4.69) is 30.1 Å². The Hall–Kier alpha value is -3.96. The summed E-state index contributed by atoms with van der Waals surface area (Å²) < 4.78 is 110. The van der Waals surface area contributed by atoms with Crippen LogP contribution in [-0.2, 0) is 25.2 Å². The third kappa shape index (κ3) is 8.50. The second kappa shape index (κ2) is 13.6. The predicted molar refractivity (Wildman–Crippen MR) is 151 cm³/mol. The van der Waals surface area contributed by atoms with Crippen molar-refractivity contribution >= 4 is 32.3 Å². The molecular formula is C25H25F6N7O7S2. The van der Waals surface area contributed by atoms with E-state index in [-0.39, 0.29) is 53.2 Å². The molecule has 0 amide bonds. The van der Waals surface area contributed by atoms with Crippen molar-refractivity contribution in [2.45, 2.75) is 42.6 Å². The minimum atomic E-state index is -4.89. The van der Waals surface area contributed by atoms with Crippen molar-refractivity contribution in [2.24, 2.45) is 5.73 Å². The Balaban J connectivity index is 0.000000213. The molecule has 2 atom stereocenters. The molecule has 0 bridgehead atoms. The summed E-state index contributed by atoms with van der Waals surface area (Å²) in [5.74, 6) is -1.87. The summed E-state index contributed by atoms with van der Waals surface area (Å²) in [6.45, 7) is 1.81. The molecule has 0 spiro atoms. The molecule has 47 heavy (non-hydrogen) atoms. The van der Waals surface area contributed by atoms with Gasteiger partial charge in [-0.05, 0) is 42.8 Å². The Morgan fingerprint density at radius 1 is 1.17 bits per heavy atom. The molecular weight excluding hydrogens is 688 g/mol. The number of rotatable bonds is 7. The maximum atomic E-state index is 12.9. The number of benzene rings is 1. The Labute approximate surface area is 265 Å². The quantitative estimate of drug-likeness (QED) is 0.303. The molecule has 2 aromatic heterocycles. The van der Waals surface area contributed by atoms with Gasteiger partial charge in [0.25, 0.3) is 5.56 Å². The van der Waals surface area contributed by atoms with E-state index in [1.54, 1.807) is 6.08 Å². The Morgan fingerprint density at radius 2 is 1.85 bits per heavy atom. The van der Waals surface area contributed by atoms with Crippen LogP contribution in [0.15, 0.2) is 57.8 Å². The number of carboxylic acids is 1. The number of halogens is 6. The fraction of sp³-hybridized carbons (Fsp3) is 0.400. The number of hydrogen-bond acceptors (Lipinski definition) is 12. The largest absolute Gasteiger partial charge is 0.573 e. The number of ether oxygens (including phenoxy) is 2. The van der Waals surface area contributed by atoms with E-state index in [1.807, 2.05) is 0 Å². The number of aliphatic carboxylic acids is 1. The number of alkyl halides is 6. The summed E-state index contributed by atoms with van der Waals surface area (Å²) in [7, 11) is -4.14. The van der Waals surface area contributed by atoms with Crippen molar-refractivity contribution in [3.63, 3.8) is 0 Å². The zero-order valence-electron chi connectivity index (χ0n) is 23.9. The predicted octanol–water partition coefficient (Wildman–Crippen LogP) is 2.06. The second-order valence-electron chi connectivity index (χ2n) is 9.84. The van der Waals surface area contributed by atoms with E-state index in [0.717, 1.165) is 44.4 Å². The van der Waals surface area contributed by atoms with E-state index < -0.39 is 51.7 Å². The molecule has 1 saturated heterocycles. The first-order chi connectivity index (χ1) is 21.8. The third-order valence-electron chi connectivity index (χ3n) is 6.62. The zero-order valence-corrected chi connectivity index (χ0v) is 25.6. The maximum Gasteiger partial charge on any atom is 0.573 e. The molecule has 5 rings (SSSR count). The van der Waals surface area contributed by atoms with Crippen LogP contribution in [0.3, 0.4) is 0 Å². The standard InChI is InChI=1S/C13H12F3N5O2S.C12H13F3N2O5S/c1-7-9(22)21-11(19-18-7)24-10(20-21)12(23-13(14,15)16)4-2-8(6-17)3-5-12;13-12(14,15)22-8-1-3-9(4-2-8)23(20,21)17-6-5-16-7-10(17)11(18)19/h2-4H,5-6,17H2,1H3;1-4,10,16H,5-7H2,(H,18,19)/t12-;/m0./s1. The molecule has 22 heteroatoms. The molecule has 0 saturated carbocycles. The van der Waals surface area contributed by atoms with Crippen molar-refractivity contribution in [1.82, 2.24) is 29.4 Å². The lowest BCUT2D eigenvalue weighted by Gasteiger charge is -2.32. The van der Waals surface area contributed by atoms with Gasteiger partial charge < -0.3 is 20.9 Å². The molecule has 3 heterocycles. The first-order valence-corrected chi connectivity index (χ1v) is 15.5. The monoisotopic (exact) mass is 713 g/mol. The van der Waals surface area contributed by atoms with Gasteiger partial charge in [0, 0.05) is 32.6 Å². The van der Waals surface area contributed by atoms with Gasteiger partial charge in [0.15, 0.2) is 10.6 Å². The van der Waals surface area contributed by atoms with E-state index in [0.29, 0.717) is 5.57 Å². The van der Waals surface area contributed by atoms with Gasteiger partial charge in [-0.2, -0.15) is 13.9 Å². The smallest absolute Gasteiger partial charge is 0.480 e. The number of nitrogens with two attached hydrogens (primary N) is 1. The fourth-order valence-corrected chi connectivity index (χ4v) is 6.93. The molecule has 1 fully saturated rings. The lowest BCUT2D eigenvalue weighted by Crippen LogP contribution is -2.56. The van der Waals surface area contributed by atoms with Crippen LogP contribution in [0.25, 0.3) is 4.96 Å². The van der Waals surface area contributed by atoms with Crippen LogP contribution in [0, 0.1) is 6.92 Å². The Bertz CT molecular complexity index is 1840. The number of nitrogens with zero attached hydrogens (tertiary/aromatic N) is 5. The molecule has 1 unspecified atom stereocenters. The average Bonchev–Trinajstić information content (AvgIpc) is 3.45. The molecule has 256 valence electrons. The van der Waals surface area contributed by atoms with Crippen LogP contribution in [-0.4, -0.2) is 88.6 Å². The van der Waals surface area contributed by atoms with Crippen LogP contribution in [0.5, 0.6) is 5.75 Å². The molecule has 1 aliphatic heterocycles. The highest BCUT2D eigenvalue weighted by atomic mass is 32.2. The number of hydrogen-bond donors (Lipinski definition) is 3. The van der Waals surface area contributed by atoms with Crippen LogP contribution in [0.2, 0.25) is 0 Å². The molecule has 1 aromatic carbocycles. The summed E-state index contributed by atoms with van der Waals surface area (Å²) in [6, 6.07) is 2.32. The lowest BCUT2D eigenvalue weighted by molar-refractivity contribution is -0.361. The van der Waals surface area contributed by atoms with Gasteiger partial charge in [-0.15, -0.1) is 36.5 Å². The fourth-order valence-electron chi connectivity index (χ4n) is 4.39.